The molecule has 0 spiro atoms. The number of non-ortho nitro benzene ring substituents is 1. The van der Waals surface area contributed by atoms with Gasteiger partial charge in [-0.15, -0.1) is 0 Å². The predicted octanol–water partition coefficient (Wildman–Crippen LogP) is 4.22. The molecule has 0 heterocycles. The number of ketones is 1. The maximum atomic E-state index is 14.2. The van der Waals surface area contributed by atoms with Gasteiger partial charge in [0, 0.05) is 23.3 Å². The molecule has 0 radical (unpaired) electrons. The van der Waals surface area contributed by atoms with E-state index in [0.29, 0.717) is 0 Å². The van der Waals surface area contributed by atoms with Gasteiger partial charge >= 0.3 is 5.92 Å². The molecular weight excluding hydrogens is 304 g/mol. The first kappa shape index (κ1) is 15.1. The average Bonchev–Trinajstić information content (AvgIpc) is 2.46. The highest BCUT2D eigenvalue weighted by atomic mass is 35.5. The van der Waals surface area contributed by atoms with Gasteiger partial charge in [-0.1, -0.05) is 41.9 Å². The molecule has 0 saturated heterocycles. The summed E-state index contributed by atoms with van der Waals surface area (Å²) in [6, 6.07) is 9.50. The van der Waals surface area contributed by atoms with E-state index in [0.717, 1.165) is 18.2 Å². The van der Waals surface area contributed by atoms with E-state index in [9.17, 15) is 23.7 Å². The van der Waals surface area contributed by atoms with Gasteiger partial charge < -0.3 is 0 Å². The zero-order valence-electron chi connectivity index (χ0n) is 10.4. The standard InChI is InChI=1S/C14H8ClF2NO3/c15-12-8-10(18(20)21)6-7-11(12)14(16,17)13(19)9-4-2-1-3-5-9/h1-8H. The number of carbonyl (C=O) groups excluding carboxylic acids is 1. The van der Waals surface area contributed by atoms with Crippen LogP contribution in [-0.4, -0.2) is 10.7 Å². The molecule has 2 aromatic rings. The molecule has 0 N–H and O–H groups in total. The number of alkyl halides is 2. The van der Waals surface area contributed by atoms with Crippen molar-refractivity contribution in [2.45, 2.75) is 5.92 Å². The molecule has 0 atom stereocenters. The minimum atomic E-state index is -3.87. The maximum absolute atomic E-state index is 14.2. The Labute approximate surface area is 123 Å². The quantitative estimate of drug-likeness (QED) is 0.482. The lowest BCUT2D eigenvalue weighted by Gasteiger charge is -2.16. The average molecular weight is 312 g/mol. The Kier molecular flexibility index (Phi) is 3.99. The zero-order chi connectivity index (χ0) is 15.6. The van der Waals surface area contributed by atoms with Gasteiger partial charge in [0.15, 0.2) is 0 Å². The van der Waals surface area contributed by atoms with E-state index < -0.39 is 32.9 Å². The van der Waals surface area contributed by atoms with E-state index >= 15 is 0 Å². The third kappa shape index (κ3) is 2.90. The number of hydrogen-bond donors (Lipinski definition) is 0. The number of rotatable bonds is 4. The molecule has 0 amide bonds. The van der Waals surface area contributed by atoms with Crippen LogP contribution in [0.15, 0.2) is 48.5 Å². The summed E-state index contributed by atoms with van der Waals surface area (Å²) in [5, 5.41) is 10.0. The lowest BCUT2D eigenvalue weighted by molar-refractivity contribution is -0.384. The first-order valence-electron chi connectivity index (χ1n) is 5.76. The predicted molar refractivity (Wildman–Crippen MR) is 72.8 cm³/mol. The van der Waals surface area contributed by atoms with E-state index in [2.05, 4.69) is 0 Å². The summed E-state index contributed by atoms with van der Waals surface area (Å²) in [4.78, 5) is 21.7. The molecule has 21 heavy (non-hydrogen) atoms. The van der Waals surface area contributed by atoms with Gasteiger partial charge in [0.1, 0.15) is 0 Å². The van der Waals surface area contributed by atoms with Gasteiger partial charge in [-0.25, -0.2) is 0 Å². The van der Waals surface area contributed by atoms with Gasteiger partial charge in [-0.05, 0) is 6.07 Å². The van der Waals surface area contributed by atoms with Crippen LogP contribution in [0.2, 0.25) is 5.02 Å². The molecule has 2 aromatic carbocycles. The number of hydrogen-bond acceptors (Lipinski definition) is 3. The van der Waals surface area contributed by atoms with Crippen LogP contribution >= 0.6 is 11.6 Å². The largest absolute Gasteiger partial charge is 0.336 e. The van der Waals surface area contributed by atoms with Gasteiger partial charge in [0.25, 0.3) is 5.69 Å². The van der Waals surface area contributed by atoms with Crippen LogP contribution in [0, 0.1) is 10.1 Å². The molecule has 0 unspecified atom stereocenters. The smallest absolute Gasteiger partial charge is 0.287 e. The number of nitro benzene ring substituents is 1. The van der Waals surface area contributed by atoms with E-state index in [-0.39, 0.29) is 5.56 Å². The molecule has 2 rings (SSSR count). The monoisotopic (exact) mass is 311 g/mol. The Morgan fingerprint density at radius 3 is 2.29 bits per heavy atom. The minimum absolute atomic E-state index is 0.170. The number of benzene rings is 2. The van der Waals surface area contributed by atoms with Crippen molar-refractivity contribution in [3.8, 4) is 0 Å². The van der Waals surface area contributed by atoms with Gasteiger partial charge in [-0.3, -0.25) is 14.9 Å². The van der Waals surface area contributed by atoms with Crippen LogP contribution in [0.4, 0.5) is 14.5 Å². The van der Waals surface area contributed by atoms with E-state index in [4.69, 9.17) is 11.6 Å². The first-order chi connectivity index (χ1) is 9.84. The van der Waals surface area contributed by atoms with Crippen LogP contribution in [0.5, 0.6) is 0 Å². The van der Waals surface area contributed by atoms with Crippen molar-refractivity contribution in [2.24, 2.45) is 0 Å². The second-order valence-electron chi connectivity index (χ2n) is 4.19. The third-order valence-corrected chi connectivity index (χ3v) is 3.14. The molecule has 7 heteroatoms. The fourth-order valence-corrected chi connectivity index (χ4v) is 2.06. The summed E-state index contributed by atoms with van der Waals surface area (Å²) in [5.41, 5.74) is -1.35. The van der Waals surface area contributed by atoms with E-state index in [1.165, 1.54) is 24.3 Å². The van der Waals surface area contributed by atoms with Crippen LogP contribution in [0.1, 0.15) is 15.9 Å². The molecule has 0 saturated carbocycles. The Morgan fingerprint density at radius 2 is 1.76 bits per heavy atom. The molecule has 108 valence electrons. The highest BCUT2D eigenvalue weighted by Gasteiger charge is 2.43. The Morgan fingerprint density at radius 1 is 1.14 bits per heavy atom. The number of Topliss-reactive ketones (excluding diaryl/α,β-unsaturated/α-hetero) is 1. The van der Waals surface area contributed by atoms with Crippen LogP contribution < -0.4 is 0 Å². The third-order valence-electron chi connectivity index (χ3n) is 2.82. The topological polar surface area (TPSA) is 60.2 Å². The van der Waals surface area contributed by atoms with Crippen molar-refractivity contribution >= 4 is 23.1 Å². The Balaban J connectivity index is 2.44. The molecule has 0 aromatic heterocycles. The summed E-state index contributed by atoms with van der Waals surface area (Å²) < 4.78 is 28.5. The SMILES string of the molecule is O=C(c1ccccc1)C(F)(F)c1ccc([N+](=O)[O-])cc1Cl. The molecule has 0 fully saturated rings. The summed E-state index contributed by atoms with van der Waals surface area (Å²) in [7, 11) is 0. The summed E-state index contributed by atoms with van der Waals surface area (Å²) >= 11 is 5.65. The zero-order valence-corrected chi connectivity index (χ0v) is 11.2. The Hall–Kier alpha value is -2.34. The molecule has 4 nitrogen and oxygen atoms in total. The Bertz CT molecular complexity index is 705. The molecule has 0 aliphatic heterocycles. The molecule has 0 aliphatic rings. The lowest BCUT2D eigenvalue weighted by Crippen LogP contribution is -2.26. The van der Waals surface area contributed by atoms with E-state index in [1.807, 2.05) is 0 Å². The van der Waals surface area contributed by atoms with Crippen LogP contribution in [-0.2, 0) is 5.92 Å². The van der Waals surface area contributed by atoms with Crippen molar-refractivity contribution in [2.75, 3.05) is 0 Å². The van der Waals surface area contributed by atoms with Gasteiger partial charge in [0.2, 0.25) is 5.78 Å². The van der Waals surface area contributed by atoms with Crippen molar-refractivity contribution < 1.29 is 18.5 Å². The van der Waals surface area contributed by atoms with Gasteiger partial charge in [-0.2, -0.15) is 8.78 Å². The number of nitrogens with zero attached hydrogens (tertiary/aromatic N) is 1. The van der Waals surface area contributed by atoms with E-state index in [1.54, 1.807) is 6.07 Å². The highest BCUT2D eigenvalue weighted by molar-refractivity contribution is 6.32. The second kappa shape index (κ2) is 5.57. The van der Waals surface area contributed by atoms with Crippen molar-refractivity contribution in [1.82, 2.24) is 0 Å². The normalized spacial score (nSPS) is 11.2. The lowest BCUT2D eigenvalue weighted by atomic mass is 9.98. The molecule has 0 aliphatic carbocycles. The van der Waals surface area contributed by atoms with Crippen molar-refractivity contribution in [1.29, 1.82) is 0 Å². The van der Waals surface area contributed by atoms with Crippen molar-refractivity contribution in [3.63, 3.8) is 0 Å². The summed E-state index contributed by atoms with van der Waals surface area (Å²) in [6.45, 7) is 0. The second-order valence-corrected chi connectivity index (χ2v) is 4.60. The van der Waals surface area contributed by atoms with Crippen LogP contribution in [0.3, 0.4) is 0 Å². The summed E-state index contributed by atoms with van der Waals surface area (Å²) in [5.74, 6) is -5.29. The number of nitro groups is 1. The highest BCUT2D eigenvalue weighted by Crippen LogP contribution is 2.37. The van der Waals surface area contributed by atoms with Crippen LogP contribution in [0.25, 0.3) is 0 Å². The number of carbonyl (C=O) groups is 1. The molecular formula is C14H8ClF2NO3. The maximum Gasteiger partial charge on any atom is 0.336 e. The molecule has 0 bridgehead atoms. The fourth-order valence-electron chi connectivity index (χ4n) is 1.77. The first-order valence-corrected chi connectivity index (χ1v) is 6.14. The fraction of sp³-hybridized carbons (Fsp3) is 0.0714. The van der Waals surface area contributed by atoms with Gasteiger partial charge in [0.05, 0.1) is 9.95 Å². The van der Waals surface area contributed by atoms with Crippen molar-refractivity contribution in [3.05, 3.63) is 74.8 Å². The summed E-state index contributed by atoms with van der Waals surface area (Å²) in [6.07, 6.45) is 0. The minimum Gasteiger partial charge on any atom is -0.287 e. The number of halogens is 3.